The molecule has 0 heterocycles. The van der Waals surface area contributed by atoms with Gasteiger partial charge in [0.25, 0.3) is 5.91 Å². The highest BCUT2D eigenvalue weighted by atomic mass is 16.6. The molecule has 0 aliphatic heterocycles. The standard InChI is InChI=1S/C16H23N3O5/c1-9(2)13(24-16(17)23)15(22)18-10(3)14(21)19-12-6-4-11(8-20)5-7-12/h4-7,9-10,13,20H,8H2,1-3H3,(H2,17,23)(H,18,22)(H,19,21)/t10?,13-/m0/s1. The zero-order valence-corrected chi connectivity index (χ0v) is 13.9. The third-order valence-electron chi connectivity index (χ3n) is 3.26. The van der Waals surface area contributed by atoms with Crippen LogP contribution in [0.5, 0.6) is 0 Å². The Morgan fingerprint density at radius 3 is 2.17 bits per heavy atom. The van der Waals surface area contributed by atoms with Crippen LogP contribution in [-0.2, 0) is 20.9 Å². The van der Waals surface area contributed by atoms with E-state index in [4.69, 9.17) is 15.6 Å². The van der Waals surface area contributed by atoms with Crippen molar-refractivity contribution in [3.8, 4) is 0 Å². The molecule has 0 aromatic heterocycles. The minimum absolute atomic E-state index is 0.0862. The van der Waals surface area contributed by atoms with Gasteiger partial charge in [-0.1, -0.05) is 26.0 Å². The molecule has 0 fully saturated rings. The SMILES string of the molecule is CC(NC(=O)[C@@H](OC(N)=O)C(C)C)C(=O)Nc1ccc(CO)cc1. The smallest absolute Gasteiger partial charge is 0.405 e. The van der Waals surface area contributed by atoms with E-state index in [0.717, 1.165) is 5.56 Å². The molecule has 8 nitrogen and oxygen atoms in total. The summed E-state index contributed by atoms with van der Waals surface area (Å²) in [5, 5.41) is 14.1. The molecule has 3 amide bonds. The van der Waals surface area contributed by atoms with Crippen molar-refractivity contribution in [2.75, 3.05) is 5.32 Å². The molecule has 5 N–H and O–H groups in total. The minimum atomic E-state index is -1.07. The molecule has 0 bridgehead atoms. The summed E-state index contributed by atoms with van der Waals surface area (Å²) in [5.41, 5.74) is 6.20. The number of nitrogens with two attached hydrogens (primary N) is 1. The molecule has 0 saturated carbocycles. The van der Waals surface area contributed by atoms with E-state index in [0.29, 0.717) is 5.69 Å². The summed E-state index contributed by atoms with van der Waals surface area (Å²) < 4.78 is 4.77. The maximum Gasteiger partial charge on any atom is 0.405 e. The molecule has 0 saturated heterocycles. The molecular formula is C16H23N3O5. The van der Waals surface area contributed by atoms with Gasteiger partial charge in [-0.05, 0) is 30.5 Å². The van der Waals surface area contributed by atoms with Crippen LogP contribution in [0, 0.1) is 5.92 Å². The fourth-order valence-electron chi connectivity index (χ4n) is 1.92. The van der Waals surface area contributed by atoms with Crippen LogP contribution in [0.25, 0.3) is 0 Å². The summed E-state index contributed by atoms with van der Waals surface area (Å²) >= 11 is 0. The molecule has 132 valence electrons. The first kappa shape index (κ1) is 19.4. The lowest BCUT2D eigenvalue weighted by molar-refractivity contribution is -0.134. The Bertz CT molecular complexity index is 586. The summed E-state index contributed by atoms with van der Waals surface area (Å²) in [6.07, 6.45) is -2.12. The predicted molar refractivity (Wildman–Crippen MR) is 87.9 cm³/mol. The van der Waals surface area contributed by atoms with Crippen molar-refractivity contribution in [1.29, 1.82) is 0 Å². The molecular weight excluding hydrogens is 314 g/mol. The second-order valence-corrected chi connectivity index (χ2v) is 5.68. The quantitative estimate of drug-likeness (QED) is 0.583. The number of hydrogen-bond donors (Lipinski definition) is 4. The number of carbonyl (C=O) groups is 3. The first-order valence-electron chi connectivity index (χ1n) is 7.51. The average molecular weight is 337 g/mol. The van der Waals surface area contributed by atoms with E-state index in [1.165, 1.54) is 6.92 Å². The lowest BCUT2D eigenvalue weighted by Gasteiger charge is -2.22. The lowest BCUT2D eigenvalue weighted by Crippen LogP contribution is -2.49. The molecule has 1 unspecified atom stereocenters. The van der Waals surface area contributed by atoms with Crippen LogP contribution in [0.4, 0.5) is 10.5 Å². The maximum absolute atomic E-state index is 12.1. The fraction of sp³-hybridized carbons (Fsp3) is 0.438. The fourth-order valence-corrected chi connectivity index (χ4v) is 1.92. The van der Waals surface area contributed by atoms with Gasteiger partial charge in [-0.25, -0.2) is 4.79 Å². The van der Waals surface area contributed by atoms with Crippen molar-refractivity contribution < 1.29 is 24.2 Å². The zero-order valence-electron chi connectivity index (χ0n) is 13.9. The van der Waals surface area contributed by atoms with Crippen molar-refractivity contribution in [1.82, 2.24) is 5.32 Å². The number of aliphatic hydroxyl groups excluding tert-OH is 1. The Labute approximate surface area is 140 Å². The van der Waals surface area contributed by atoms with Crippen LogP contribution in [0.15, 0.2) is 24.3 Å². The normalized spacial score (nSPS) is 13.0. The molecule has 1 rings (SSSR count). The number of rotatable bonds is 7. The molecule has 0 aliphatic rings. The Morgan fingerprint density at radius 2 is 1.71 bits per heavy atom. The van der Waals surface area contributed by atoms with Crippen LogP contribution in [0.1, 0.15) is 26.3 Å². The summed E-state index contributed by atoms with van der Waals surface area (Å²) in [6.45, 7) is 4.81. The van der Waals surface area contributed by atoms with E-state index in [9.17, 15) is 14.4 Å². The van der Waals surface area contributed by atoms with E-state index >= 15 is 0 Å². The molecule has 0 radical (unpaired) electrons. The summed E-state index contributed by atoms with van der Waals surface area (Å²) in [7, 11) is 0. The topological polar surface area (TPSA) is 131 Å². The highest BCUT2D eigenvalue weighted by Gasteiger charge is 2.28. The van der Waals surface area contributed by atoms with Crippen LogP contribution in [-0.4, -0.2) is 35.2 Å². The van der Waals surface area contributed by atoms with Crippen LogP contribution in [0.2, 0.25) is 0 Å². The van der Waals surface area contributed by atoms with Gasteiger partial charge >= 0.3 is 6.09 Å². The van der Waals surface area contributed by atoms with Gasteiger partial charge in [0.1, 0.15) is 6.04 Å². The Hall–Kier alpha value is -2.61. The predicted octanol–water partition coefficient (Wildman–Crippen LogP) is 0.742. The zero-order chi connectivity index (χ0) is 18.3. The van der Waals surface area contributed by atoms with Gasteiger partial charge in [-0.3, -0.25) is 9.59 Å². The molecule has 1 aromatic carbocycles. The molecule has 0 aliphatic carbocycles. The van der Waals surface area contributed by atoms with Crippen LogP contribution < -0.4 is 16.4 Å². The monoisotopic (exact) mass is 337 g/mol. The second-order valence-electron chi connectivity index (χ2n) is 5.68. The number of nitrogens with one attached hydrogen (secondary N) is 2. The van der Waals surface area contributed by atoms with Crippen molar-refractivity contribution >= 4 is 23.6 Å². The number of anilines is 1. The number of carbonyl (C=O) groups excluding carboxylic acids is 3. The average Bonchev–Trinajstić information content (AvgIpc) is 2.52. The van der Waals surface area contributed by atoms with E-state index in [1.54, 1.807) is 38.1 Å². The van der Waals surface area contributed by atoms with Gasteiger partial charge in [0.05, 0.1) is 6.61 Å². The summed E-state index contributed by atoms with van der Waals surface area (Å²) in [6, 6.07) is 5.80. The first-order valence-corrected chi connectivity index (χ1v) is 7.51. The van der Waals surface area contributed by atoms with Crippen LogP contribution >= 0.6 is 0 Å². The van der Waals surface area contributed by atoms with Crippen molar-refractivity contribution in [2.45, 2.75) is 39.5 Å². The number of ether oxygens (including phenoxy) is 1. The highest BCUT2D eigenvalue weighted by Crippen LogP contribution is 2.11. The minimum Gasteiger partial charge on any atom is -0.436 e. The number of amides is 3. The van der Waals surface area contributed by atoms with E-state index in [2.05, 4.69) is 10.6 Å². The largest absolute Gasteiger partial charge is 0.436 e. The lowest BCUT2D eigenvalue weighted by atomic mass is 10.1. The second kappa shape index (κ2) is 8.88. The molecule has 1 aromatic rings. The number of primary amides is 1. The van der Waals surface area contributed by atoms with Crippen LogP contribution in [0.3, 0.4) is 0 Å². The third kappa shape index (κ3) is 5.88. The van der Waals surface area contributed by atoms with Gasteiger partial charge in [0.2, 0.25) is 5.91 Å². The van der Waals surface area contributed by atoms with Gasteiger partial charge in [-0.15, -0.1) is 0 Å². The molecule has 2 atom stereocenters. The van der Waals surface area contributed by atoms with Gasteiger partial charge in [0.15, 0.2) is 6.10 Å². The number of hydrogen-bond acceptors (Lipinski definition) is 5. The third-order valence-corrected chi connectivity index (χ3v) is 3.26. The van der Waals surface area contributed by atoms with Crippen molar-refractivity contribution in [2.24, 2.45) is 11.7 Å². The van der Waals surface area contributed by atoms with Gasteiger partial charge in [0, 0.05) is 5.69 Å². The Morgan fingerprint density at radius 1 is 1.12 bits per heavy atom. The van der Waals surface area contributed by atoms with Crippen molar-refractivity contribution in [3.05, 3.63) is 29.8 Å². The van der Waals surface area contributed by atoms with E-state index in [-0.39, 0.29) is 12.5 Å². The number of aliphatic hydroxyl groups is 1. The molecule has 0 spiro atoms. The van der Waals surface area contributed by atoms with E-state index < -0.39 is 30.1 Å². The van der Waals surface area contributed by atoms with E-state index in [1.807, 2.05) is 0 Å². The maximum atomic E-state index is 12.1. The Kier molecular flexibility index (Phi) is 7.19. The molecule has 8 heteroatoms. The molecule has 24 heavy (non-hydrogen) atoms. The highest BCUT2D eigenvalue weighted by molar-refractivity contribution is 5.97. The summed E-state index contributed by atoms with van der Waals surface area (Å²) in [4.78, 5) is 35.1. The first-order chi connectivity index (χ1) is 11.2. The Balaban J connectivity index is 2.64. The number of benzene rings is 1. The van der Waals surface area contributed by atoms with Crippen molar-refractivity contribution in [3.63, 3.8) is 0 Å². The van der Waals surface area contributed by atoms with Gasteiger partial charge < -0.3 is 26.2 Å². The summed E-state index contributed by atoms with van der Waals surface area (Å²) in [5.74, 6) is -1.32. The van der Waals surface area contributed by atoms with Gasteiger partial charge in [-0.2, -0.15) is 0 Å².